The number of carboxylic acid groups (broad SMARTS) is 1. The van der Waals surface area contributed by atoms with E-state index in [9.17, 15) is 14.7 Å². The highest BCUT2D eigenvalue weighted by Crippen LogP contribution is 2.18. The van der Waals surface area contributed by atoms with Crippen molar-refractivity contribution in [1.82, 2.24) is 9.55 Å². The van der Waals surface area contributed by atoms with E-state index in [4.69, 9.17) is 0 Å². The van der Waals surface area contributed by atoms with Crippen LogP contribution in [0.1, 0.15) is 28.5 Å². The molecule has 0 aliphatic rings. The summed E-state index contributed by atoms with van der Waals surface area (Å²) in [5.74, 6) is -1.02. The number of carboxylic acids is 1. The van der Waals surface area contributed by atoms with Crippen molar-refractivity contribution >= 4 is 39.9 Å². The maximum atomic E-state index is 12.8. The Hall–Kier alpha value is -3.73. The van der Waals surface area contributed by atoms with Gasteiger partial charge in [-0.25, -0.2) is 9.78 Å². The molecule has 0 saturated heterocycles. The molecule has 0 bridgehead atoms. The number of benzene rings is 3. The highest BCUT2D eigenvalue weighted by Gasteiger charge is 2.11. The molecule has 1 heterocycles. The maximum Gasteiger partial charge on any atom is 0.335 e. The third kappa shape index (κ3) is 3.18. The highest BCUT2D eigenvalue weighted by molar-refractivity contribution is 5.92. The van der Waals surface area contributed by atoms with Crippen LogP contribution in [0.25, 0.3) is 34.0 Å². The fourth-order valence-corrected chi connectivity index (χ4v) is 3.31. The summed E-state index contributed by atoms with van der Waals surface area (Å²) in [5.41, 5.74) is 2.30. The lowest BCUT2D eigenvalue weighted by Gasteiger charge is -2.09. The lowest BCUT2D eigenvalue weighted by Crippen LogP contribution is -2.23. The normalized spacial score (nSPS) is 11.5. The first-order valence-corrected chi connectivity index (χ1v) is 9.01. The van der Waals surface area contributed by atoms with E-state index in [1.165, 1.54) is 12.1 Å². The second-order valence-electron chi connectivity index (χ2n) is 6.50. The van der Waals surface area contributed by atoms with Crippen LogP contribution < -0.4 is 5.56 Å². The maximum absolute atomic E-state index is 12.8. The fourth-order valence-electron chi connectivity index (χ4n) is 3.31. The monoisotopic (exact) mass is 370 g/mol. The Morgan fingerprint density at radius 1 is 1.04 bits per heavy atom. The number of aryl methyl sites for hydroxylation is 1. The van der Waals surface area contributed by atoms with E-state index in [2.05, 4.69) is 4.98 Å². The van der Waals surface area contributed by atoms with E-state index in [0.29, 0.717) is 17.6 Å². The Balaban J connectivity index is 1.82. The number of hydrogen-bond donors (Lipinski definition) is 1. The van der Waals surface area contributed by atoms with Crippen molar-refractivity contribution < 1.29 is 9.90 Å². The van der Waals surface area contributed by atoms with Gasteiger partial charge in [0.25, 0.3) is 5.56 Å². The van der Waals surface area contributed by atoms with Crippen LogP contribution in [-0.4, -0.2) is 20.6 Å². The molecule has 5 nitrogen and oxygen atoms in total. The van der Waals surface area contributed by atoms with Crippen molar-refractivity contribution in [1.29, 1.82) is 0 Å². The first-order chi connectivity index (χ1) is 13.6. The molecule has 5 heteroatoms. The average Bonchev–Trinajstić information content (AvgIpc) is 2.71. The number of hydrogen-bond acceptors (Lipinski definition) is 3. The lowest BCUT2D eigenvalue weighted by atomic mass is 10.1. The van der Waals surface area contributed by atoms with Crippen LogP contribution in [0.15, 0.2) is 65.5 Å². The highest BCUT2D eigenvalue weighted by atomic mass is 16.4. The van der Waals surface area contributed by atoms with Crippen molar-refractivity contribution in [3.05, 3.63) is 87.8 Å². The van der Waals surface area contributed by atoms with E-state index in [1.807, 2.05) is 55.5 Å². The molecule has 0 amide bonds. The number of rotatable bonds is 4. The Bertz CT molecular complexity index is 1300. The molecule has 0 atom stereocenters. The molecule has 138 valence electrons. The minimum absolute atomic E-state index is 0.144. The van der Waals surface area contributed by atoms with Crippen LogP contribution in [0.3, 0.4) is 0 Å². The predicted molar refractivity (Wildman–Crippen MR) is 112 cm³/mol. The minimum Gasteiger partial charge on any atom is -0.478 e. The molecular weight excluding hydrogens is 352 g/mol. The number of aromatic carboxylic acids is 1. The first-order valence-electron chi connectivity index (χ1n) is 9.01. The average molecular weight is 370 g/mol. The molecule has 0 unspecified atom stereocenters. The van der Waals surface area contributed by atoms with Gasteiger partial charge in [-0.1, -0.05) is 42.5 Å². The van der Waals surface area contributed by atoms with Gasteiger partial charge < -0.3 is 9.67 Å². The molecule has 4 aromatic rings. The first kappa shape index (κ1) is 17.7. The standard InChI is InChI=1S/C23H18N2O3/c1-2-25-21-12-10-18(23(27)28)14-20(21)24-19(22(25)26)11-8-15-7-9-16-5-3-4-6-17(16)13-15/h3-14H,2H2,1H3,(H,27,28)/b11-8+. The second kappa shape index (κ2) is 7.12. The zero-order chi connectivity index (χ0) is 19.7. The van der Waals surface area contributed by atoms with Gasteiger partial charge in [-0.15, -0.1) is 0 Å². The third-order valence-electron chi connectivity index (χ3n) is 4.74. The van der Waals surface area contributed by atoms with Crippen LogP contribution in [0.4, 0.5) is 0 Å². The van der Waals surface area contributed by atoms with Crippen molar-refractivity contribution in [3.63, 3.8) is 0 Å². The summed E-state index contributed by atoms with van der Waals surface area (Å²) >= 11 is 0. The number of aromatic nitrogens is 2. The van der Waals surface area contributed by atoms with Gasteiger partial charge in [0.1, 0.15) is 5.69 Å². The molecule has 28 heavy (non-hydrogen) atoms. The Labute approximate surface area is 161 Å². The van der Waals surface area contributed by atoms with Gasteiger partial charge >= 0.3 is 5.97 Å². The molecule has 0 spiro atoms. The number of nitrogens with zero attached hydrogens (tertiary/aromatic N) is 2. The van der Waals surface area contributed by atoms with Crippen LogP contribution in [-0.2, 0) is 6.54 Å². The quantitative estimate of drug-likeness (QED) is 0.576. The van der Waals surface area contributed by atoms with Crippen LogP contribution in [0.2, 0.25) is 0 Å². The van der Waals surface area contributed by atoms with Crippen LogP contribution in [0.5, 0.6) is 0 Å². The van der Waals surface area contributed by atoms with Crippen LogP contribution >= 0.6 is 0 Å². The molecule has 0 saturated carbocycles. The summed E-state index contributed by atoms with van der Waals surface area (Å²) in [7, 11) is 0. The summed E-state index contributed by atoms with van der Waals surface area (Å²) < 4.78 is 1.61. The van der Waals surface area contributed by atoms with E-state index in [-0.39, 0.29) is 16.8 Å². The minimum atomic E-state index is -1.02. The van der Waals surface area contributed by atoms with E-state index < -0.39 is 5.97 Å². The predicted octanol–water partition coefficient (Wildman–Crippen LogP) is 4.44. The van der Waals surface area contributed by atoms with Gasteiger partial charge in [0.15, 0.2) is 0 Å². The summed E-state index contributed by atoms with van der Waals surface area (Å²) in [6.07, 6.45) is 3.54. The summed E-state index contributed by atoms with van der Waals surface area (Å²) in [5, 5.41) is 11.5. The van der Waals surface area contributed by atoms with E-state index in [1.54, 1.807) is 16.7 Å². The Morgan fingerprint density at radius 2 is 1.82 bits per heavy atom. The lowest BCUT2D eigenvalue weighted by molar-refractivity contribution is 0.0697. The van der Waals surface area contributed by atoms with Gasteiger partial charge in [0, 0.05) is 6.54 Å². The fraction of sp³-hybridized carbons (Fsp3) is 0.0870. The largest absolute Gasteiger partial charge is 0.478 e. The smallest absolute Gasteiger partial charge is 0.335 e. The van der Waals surface area contributed by atoms with E-state index >= 15 is 0 Å². The Morgan fingerprint density at radius 3 is 2.57 bits per heavy atom. The SMILES string of the molecule is CCn1c(=O)c(/C=C/c2ccc3ccccc3c2)nc2cc(C(=O)O)ccc21. The summed E-state index contributed by atoms with van der Waals surface area (Å²) in [4.78, 5) is 28.5. The summed E-state index contributed by atoms with van der Waals surface area (Å²) in [6, 6.07) is 18.8. The van der Waals surface area contributed by atoms with Crippen LogP contribution in [0, 0.1) is 0 Å². The van der Waals surface area contributed by atoms with Gasteiger partial charge in [-0.05, 0) is 53.6 Å². The zero-order valence-electron chi connectivity index (χ0n) is 15.3. The van der Waals surface area contributed by atoms with Gasteiger partial charge in [0.2, 0.25) is 0 Å². The molecular formula is C23H18N2O3. The molecule has 0 aliphatic carbocycles. The molecule has 3 aromatic carbocycles. The molecule has 1 N–H and O–H groups in total. The van der Waals surface area contributed by atoms with Crippen molar-refractivity contribution in [2.75, 3.05) is 0 Å². The van der Waals surface area contributed by atoms with Gasteiger partial charge in [-0.2, -0.15) is 0 Å². The van der Waals surface area contributed by atoms with Crippen molar-refractivity contribution in [2.45, 2.75) is 13.5 Å². The summed E-state index contributed by atoms with van der Waals surface area (Å²) in [6.45, 7) is 2.35. The third-order valence-corrected chi connectivity index (χ3v) is 4.74. The van der Waals surface area contributed by atoms with Gasteiger partial charge in [-0.3, -0.25) is 4.79 Å². The zero-order valence-corrected chi connectivity index (χ0v) is 15.3. The van der Waals surface area contributed by atoms with E-state index in [0.717, 1.165) is 16.3 Å². The Kier molecular flexibility index (Phi) is 4.49. The number of carbonyl (C=O) groups is 1. The topological polar surface area (TPSA) is 72.2 Å². The molecule has 0 radical (unpaired) electrons. The van der Waals surface area contributed by atoms with Crippen molar-refractivity contribution in [2.24, 2.45) is 0 Å². The molecule has 0 fully saturated rings. The molecule has 4 rings (SSSR count). The molecule has 0 aliphatic heterocycles. The molecule has 1 aromatic heterocycles. The second-order valence-corrected chi connectivity index (χ2v) is 6.50. The number of fused-ring (bicyclic) bond motifs is 2. The van der Waals surface area contributed by atoms with Gasteiger partial charge in [0.05, 0.1) is 16.6 Å². The van der Waals surface area contributed by atoms with Crippen molar-refractivity contribution in [3.8, 4) is 0 Å².